The molecule has 0 amide bonds. The smallest absolute Gasteiger partial charge is 0.0772 e. The second-order valence-corrected chi connectivity index (χ2v) is 4.35. The van der Waals surface area contributed by atoms with Crippen LogP contribution in [0.4, 0.5) is 5.69 Å². The van der Waals surface area contributed by atoms with E-state index in [-0.39, 0.29) is 0 Å². The Kier molecular flexibility index (Phi) is 4.34. The zero-order chi connectivity index (χ0) is 12.1. The third kappa shape index (κ3) is 2.96. The van der Waals surface area contributed by atoms with Crippen LogP contribution in [0.15, 0.2) is 18.3 Å². The molecule has 0 saturated carbocycles. The van der Waals surface area contributed by atoms with Crippen molar-refractivity contribution in [1.82, 2.24) is 4.98 Å². The van der Waals surface area contributed by atoms with E-state index in [1.54, 1.807) is 6.20 Å². The second-order valence-electron chi connectivity index (χ2n) is 4.35. The molecule has 0 aliphatic carbocycles. The number of nitrogens with two attached hydrogens (primary N) is 1. The Balaban J connectivity index is 2.10. The maximum absolute atomic E-state index is 5.73. The summed E-state index contributed by atoms with van der Waals surface area (Å²) in [5, 5.41) is 0. The quantitative estimate of drug-likeness (QED) is 0.841. The Morgan fingerprint density at radius 3 is 3.12 bits per heavy atom. The predicted octanol–water partition coefficient (Wildman–Crippen LogP) is 1.55. The van der Waals surface area contributed by atoms with Crippen molar-refractivity contribution in [2.75, 3.05) is 24.6 Å². The fraction of sp³-hybridized carbons (Fsp3) is 0.615. The first-order valence-corrected chi connectivity index (χ1v) is 6.35. The average Bonchev–Trinajstić information content (AvgIpc) is 2.89. The van der Waals surface area contributed by atoms with Crippen LogP contribution < -0.4 is 10.6 Å². The summed E-state index contributed by atoms with van der Waals surface area (Å²) in [5.41, 5.74) is 7.84. The van der Waals surface area contributed by atoms with Crippen molar-refractivity contribution >= 4 is 5.69 Å². The van der Waals surface area contributed by atoms with E-state index in [0.29, 0.717) is 12.6 Å². The fourth-order valence-electron chi connectivity index (χ4n) is 2.31. The van der Waals surface area contributed by atoms with Gasteiger partial charge in [0.1, 0.15) is 0 Å². The van der Waals surface area contributed by atoms with Crippen LogP contribution in [0.1, 0.15) is 25.5 Å². The van der Waals surface area contributed by atoms with E-state index in [1.165, 1.54) is 6.42 Å². The summed E-state index contributed by atoms with van der Waals surface area (Å²) in [6.45, 7) is 5.44. The molecule has 1 aliphatic heterocycles. The molecular weight excluding hydrogens is 214 g/mol. The van der Waals surface area contributed by atoms with Gasteiger partial charge in [0.25, 0.3) is 0 Å². The molecule has 4 heteroatoms. The number of anilines is 1. The number of pyridine rings is 1. The van der Waals surface area contributed by atoms with Crippen LogP contribution >= 0.6 is 0 Å². The lowest BCUT2D eigenvalue weighted by molar-refractivity contribution is 0.115. The van der Waals surface area contributed by atoms with Crippen LogP contribution in [0.25, 0.3) is 0 Å². The monoisotopic (exact) mass is 235 g/mol. The lowest BCUT2D eigenvalue weighted by atomic mass is 10.2. The summed E-state index contributed by atoms with van der Waals surface area (Å²) in [7, 11) is 0. The topological polar surface area (TPSA) is 51.4 Å². The number of aromatic nitrogens is 1. The Labute approximate surface area is 103 Å². The highest BCUT2D eigenvalue weighted by Gasteiger charge is 2.19. The summed E-state index contributed by atoms with van der Waals surface area (Å²) in [5.74, 6) is 0. The number of likely N-dealkylation sites (N-methyl/N-ethyl adjacent to an activating group) is 1. The predicted molar refractivity (Wildman–Crippen MR) is 69.0 cm³/mol. The first-order valence-electron chi connectivity index (χ1n) is 6.35. The highest BCUT2D eigenvalue weighted by Crippen LogP contribution is 2.21. The van der Waals surface area contributed by atoms with Gasteiger partial charge in [-0.3, -0.25) is 4.98 Å². The Morgan fingerprint density at radius 1 is 1.59 bits per heavy atom. The minimum Gasteiger partial charge on any atom is -0.376 e. The highest BCUT2D eigenvalue weighted by atomic mass is 16.5. The lowest BCUT2D eigenvalue weighted by Gasteiger charge is -2.27. The molecule has 2 heterocycles. The molecule has 1 unspecified atom stereocenters. The third-order valence-corrected chi connectivity index (χ3v) is 3.23. The molecule has 94 valence electrons. The summed E-state index contributed by atoms with van der Waals surface area (Å²) in [6.07, 6.45) is 4.50. The van der Waals surface area contributed by atoms with Crippen molar-refractivity contribution in [2.45, 2.75) is 32.4 Å². The first kappa shape index (κ1) is 12.3. The molecular formula is C13H21N3O. The van der Waals surface area contributed by atoms with E-state index in [9.17, 15) is 0 Å². The maximum atomic E-state index is 5.73. The molecule has 1 fully saturated rings. The summed E-state index contributed by atoms with van der Waals surface area (Å²) < 4.78 is 5.69. The van der Waals surface area contributed by atoms with Crippen molar-refractivity contribution in [1.29, 1.82) is 0 Å². The van der Waals surface area contributed by atoms with E-state index < -0.39 is 0 Å². The van der Waals surface area contributed by atoms with Gasteiger partial charge < -0.3 is 15.4 Å². The van der Waals surface area contributed by atoms with Crippen LogP contribution in [0.2, 0.25) is 0 Å². The standard InChI is InChI=1S/C13H21N3O/c1-2-16(10-11-5-4-8-17-11)13-6-3-7-15-12(13)9-14/h3,6-7,11H,2,4-5,8-10,14H2,1H3. The molecule has 17 heavy (non-hydrogen) atoms. The van der Waals surface area contributed by atoms with Crippen molar-refractivity contribution < 1.29 is 4.74 Å². The number of nitrogens with zero attached hydrogens (tertiary/aromatic N) is 2. The van der Waals surface area contributed by atoms with Gasteiger partial charge in [0.2, 0.25) is 0 Å². The van der Waals surface area contributed by atoms with Gasteiger partial charge in [0.05, 0.1) is 17.5 Å². The van der Waals surface area contributed by atoms with Crippen molar-refractivity contribution in [3.8, 4) is 0 Å². The third-order valence-electron chi connectivity index (χ3n) is 3.23. The molecule has 2 N–H and O–H groups in total. The molecule has 0 radical (unpaired) electrons. The Bertz CT molecular complexity index is 350. The van der Waals surface area contributed by atoms with Gasteiger partial charge >= 0.3 is 0 Å². The van der Waals surface area contributed by atoms with Gasteiger partial charge in [-0.25, -0.2) is 0 Å². The second kappa shape index (κ2) is 5.98. The maximum Gasteiger partial charge on any atom is 0.0772 e. The molecule has 4 nitrogen and oxygen atoms in total. The summed E-state index contributed by atoms with van der Waals surface area (Å²) >= 11 is 0. The van der Waals surface area contributed by atoms with E-state index in [4.69, 9.17) is 10.5 Å². The first-order chi connectivity index (χ1) is 8.35. The molecule has 2 rings (SSSR count). The molecule has 1 aliphatic rings. The van der Waals surface area contributed by atoms with Crippen molar-refractivity contribution in [3.63, 3.8) is 0 Å². The number of hydrogen-bond acceptors (Lipinski definition) is 4. The Morgan fingerprint density at radius 2 is 2.47 bits per heavy atom. The van der Waals surface area contributed by atoms with Gasteiger partial charge in [0, 0.05) is 32.4 Å². The van der Waals surface area contributed by atoms with E-state index >= 15 is 0 Å². The van der Waals surface area contributed by atoms with E-state index in [1.807, 2.05) is 6.07 Å². The average molecular weight is 235 g/mol. The minimum atomic E-state index is 0.362. The van der Waals surface area contributed by atoms with Crippen LogP contribution in [0, 0.1) is 0 Å². The minimum absolute atomic E-state index is 0.362. The summed E-state index contributed by atoms with van der Waals surface area (Å²) in [4.78, 5) is 6.64. The van der Waals surface area contributed by atoms with Crippen molar-refractivity contribution in [3.05, 3.63) is 24.0 Å². The number of hydrogen-bond donors (Lipinski definition) is 1. The summed E-state index contributed by atoms with van der Waals surface area (Å²) in [6, 6.07) is 4.06. The number of rotatable bonds is 5. The zero-order valence-corrected chi connectivity index (χ0v) is 10.4. The van der Waals surface area contributed by atoms with Gasteiger partial charge in [-0.2, -0.15) is 0 Å². The lowest BCUT2D eigenvalue weighted by Crippen LogP contribution is -2.33. The zero-order valence-electron chi connectivity index (χ0n) is 10.4. The molecule has 1 aromatic heterocycles. The van der Waals surface area contributed by atoms with Gasteiger partial charge in [0.15, 0.2) is 0 Å². The number of ether oxygens (including phenoxy) is 1. The molecule has 1 saturated heterocycles. The fourth-order valence-corrected chi connectivity index (χ4v) is 2.31. The highest BCUT2D eigenvalue weighted by molar-refractivity contribution is 5.50. The molecule has 1 atom stereocenters. The molecule has 1 aromatic rings. The van der Waals surface area contributed by atoms with Crippen LogP contribution in [0.3, 0.4) is 0 Å². The molecule has 0 bridgehead atoms. The van der Waals surface area contributed by atoms with Crippen LogP contribution in [-0.4, -0.2) is 30.8 Å². The molecule has 0 aromatic carbocycles. The Hall–Kier alpha value is -1.13. The van der Waals surface area contributed by atoms with Crippen LogP contribution in [0.5, 0.6) is 0 Å². The van der Waals surface area contributed by atoms with Gasteiger partial charge in [-0.05, 0) is 31.9 Å². The van der Waals surface area contributed by atoms with Crippen LogP contribution in [-0.2, 0) is 11.3 Å². The van der Waals surface area contributed by atoms with Gasteiger partial charge in [-0.15, -0.1) is 0 Å². The normalized spacial score (nSPS) is 19.5. The SMILES string of the molecule is CCN(CC1CCCO1)c1cccnc1CN. The largest absolute Gasteiger partial charge is 0.376 e. The van der Waals surface area contributed by atoms with Crippen molar-refractivity contribution in [2.24, 2.45) is 5.73 Å². The van der Waals surface area contributed by atoms with E-state index in [0.717, 1.165) is 37.5 Å². The molecule has 0 spiro atoms. The van der Waals surface area contributed by atoms with E-state index in [2.05, 4.69) is 22.9 Å². The van der Waals surface area contributed by atoms with Gasteiger partial charge in [-0.1, -0.05) is 0 Å².